The van der Waals surface area contributed by atoms with Crippen molar-refractivity contribution in [2.45, 2.75) is 0 Å². The number of nitrogens with zero attached hydrogens (tertiary/aromatic N) is 2. The monoisotopic (exact) mass is 248 g/mol. The Morgan fingerprint density at radius 2 is 1.72 bits per heavy atom. The third kappa shape index (κ3) is 1.55. The highest BCUT2D eigenvalue weighted by atomic mass is 19.1. The number of imidazole rings is 1. The number of halogens is 3. The largest absolute Gasteiger partial charge is 0.300 e. The number of pyridine rings is 1. The Morgan fingerprint density at radius 1 is 1.00 bits per heavy atom. The molecule has 90 valence electrons. The van der Waals surface area contributed by atoms with Crippen molar-refractivity contribution in [2.75, 3.05) is 0 Å². The number of aromatic nitrogens is 2. The summed E-state index contributed by atoms with van der Waals surface area (Å²) in [5.41, 5.74) is 0.373. The van der Waals surface area contributed by atoms with Crippen LogP contribution in [0.25, 0.3) is 16.9 Å². The fourth-order valence-corrected chi connectivity index (χ4v) is 1.88. The maximum Gasteiger partial charge on any atom is 0.150 e. The molecule has 0 amide bonds. The summed E-state index contributed by atoms with van der Waals surface area (Å²) in [5.74, 6) is -2.78. The highest BCUT2D eigenvalue weighted by Gasteiger charge is 2.17. The molecule has 0 aliphatic heterocycles. The second kappa shape index (κ2) is 3.87. The van der Waals surface area contributed by atoms with Gasteiger partial charge in [0.1, 0.15) is 23.3 Å². The van der Waals surface area contributed by atoms with Crippen LogP contribution in [0.1, 0.15) is 0 Å². The fourth-order valence-electron chi connectivity index (χ4n) is 1.88. The molecule has 0 unspecified atom stereocenters. The summed E-state index contributed by atoms with van der Waals surface area (Å²) in [6.07, 6.45) is 3.14. The van der Waals surface area contributed by atoms with Crippen LogP contribution >= 0.6 is 0 Å². The Morgan fingerprint density at radius 3 is 2.44 bits per heavy atom. The second-order valence-electron chi connectivity index (χ2n) is 3.82. The molecule has 0 atom stereocenters. The first kappa shape index (κ1) is 10.8. The van der Waals surface area contributed by atoms with Crippen LogP contribution in [0.15, 0.2) is 42.7 Å². The van der Waals surface area contributed by atoms with E-state index in [2.05, 4.69) is 4.98 Å². The van der Waals surface area contributed by atoms with Crippen LogP contribution in [-0.2, 0) is 0 Å². The molecule has 0 fully saturated rings. The van der Waals surface area contributed by atoms with Crippen molar-refractivity contribution < 1.29 is 13.2 Å². The fraction of sp³-hybridized carbons (Fsp3) is 0. The molecule has 0 saturated carbocycles. The Hall–Kier alpha value is -2.30. The molecule has 3 rings (SSSR count). The average molecular weight is 248 g/mol. The standard InChI is InChI=1S/C13H7F3N2/c14-8-5-10(15)12(11(16)6-8)13-17-7-9-3-1-2-4-18(9)13/h1-7H. The van der Waals surface area contributed by atoms with E-state index >= 15 is 0 Å². The molecule has 0 spiro atoms. The highest BCUT2D eigenvalue weighted by Crippen LogP contribution is 2.26. The topological polar surface area (TPSA) is 17.3 Å². The van der Waals surface area contributed by atoms with Gasteiger partial charge in [-0.15, -0.1) is 0 Å². The van der Waals surface area contributed by atoms with Crippen molar-refractivity contribution in [3.63, 3.8) is 0 Å². The van der Waals surface area contributed by atoms with E-state index in [9.17, 15) is 13.2 Å². The van der Waals surface area contributed by atoms with Gasteiger partial charge in [0.15, 0.2) is 0 Å². The third-order valence-corrected chi connectivity index (χ3v) is 2.67. The van der Waals surface area contributed by atoms with Gasteiger partial charge in [-0.05, 0) is 12.1 Å². The van der Waals surface area contributed by atoms with E-state index in [1.54, 1.807) is 28.8 Å². The van der Waals surface area contributed by atoms with E-state index < -0.39 is 17.5 Å². The quantitative estimate of drug-likeness (QED) is 0.645. The van der Waals surface area contributed by atoms with Crippen LogP contribution < -0.4 is 0 Å². The lowest BCUT2D eigenvalue weighted by atomic mass is 10.2. The maximum absolute atomic E-state index is 13.7. The van der Waals surface area contributed by atoms with Crippen molar-refractivity contribution in [3.8, 4) is 11.4 Å². The molecule has 0 saturated heterocycles. The lowest BCUT2D eigenvalue weighted by Crippen LogP contribution is -1.97. The van der Waals surface area contributed by atoms with Crippen molar-refractivity contribution in [3.05, 3.63) is 60.2 Å². The van der Waals surface area contributed by atoms with Crippen LogP contribution in [0, 0.1) is 17.5 Å². The van der Waals surface area contributed by atoms with Gasteiger partial charge < -0.3 is 0 Å². The molecule has 0 aliphatic carbocycles. The number of hydrogen-bond acceptors (Lipinski definition) is 1. The number of fused-ring (bicyclic) bond motifs is 1. The summed E-state index contributed by atoms with van der Waals surface area (Å²) >= 11 is 0. The Labute approximate surface area is 100 Å². The molecular weight excluding hydrogens is 241 g/mol. The summed E-state index contributed by atoms with van der Waals surface area (Å²) < 4.78 is 41.7. The summed E-state index contributed by atoms with van der Waals surface area (Å²) in [5, 5.41) is 0. The van der Waals surface area contributed by atoms with Crippen LogP contribution in [0.4, 0.5) is 13.2 Å². The van der Waals surface area contributed by atoms with Gasteiger partial charge in [-0.3, -0.25) is 4.40 Å². The van der Waals surface area contributed by atoms with E-state index in [1.807, 2.05) is 0 Å². The minimum atomic E-state index is -0.969. The minimum absolute atomic E-state index is 0.112. The van der Waals surface area contributed by atoms with E-state index in [-0.39, 0.29) is 11.4 Å². The molecular formula is C13H7F3N2. The maximum atomic E-state index is 13.7. The molecule has 1 aromatic carbocycles. The zero-order valence-corrected chi connectivity index (χ0v) is 9.07. The van der Waals surface area contributed by atoms with Crippen molar-refractivity contribution in [1.29, 1.82) is 0 Å². The molecule has 2 nitrogen and oxygen atoms in total. The predicted octanol–water partition coefficient (Wildman–Crippen LogP) is 3.42. The molecule has 0 radical (unpaired) electrons. The van der Waals surface area contributed by atoms with Crippen molar-refractivity contribution in [1.82, 2.24) is 9.38 Å². The lowest BCUT2D eigenvalue weighted by Gasteiger charge is -2.04. The van der Waals surface area contributed by atoms with Crippen LogP contribution in [0.5, 0.6) is 0 Å². The first-order valence-corrected chi connectivity index (χ1v) is 5.24. The van der Waals surface area contributed by atoms with Crippen molar-refractivity contribution >= 4 is 5.52 Å². The van der Waals surface area contributed by atoms with Gasteiger partial charge >= 0.3 is 0 Å². The number of benzene rings is 1. The Balaban J connectivity index is 2.33. The van der Waals surface area contributed by atoms with E-state index in [4.69, 9.17) is 0 Å². The SMILES string of the molecule is Fc1cc(F)c(-c2ncc3ccccn23)c(F)c1. The summed E-state index contributed by atoms with van der Waals surface area (Å²) in [7, 11) is 0. The smallest absolute Gasteiger partial charge is 0.150 e. The van der Waals surface area contributed by atoms with Gasteiger partial charge in [-0.1, -0.05) is 6.07 Å². The first-order valence-electron chi connectivity index (χ1n) is 5.24. The molecule has 2 heterocycles. The van der Waals surface area contributed by atoms with Crippen LogP contribution in [-0.4, -0.2) is 9.38 Å². The van der Waals surface area contributed by atoms with E-state index in [1.165, 1.54) is 6.20 Å². The Bertz CT molecular complexity index is 711. The van der Waals surface area contributed by atoms with E-state index in [0.717, 1.165) is 0 Å². The zero-order chi connectivity index (χ0) is 12.7. The number of hydrogen-bond donors (Lipinski definition) is 0. The van der Waals surface area contributed by atoms with Crippen molar-refractivity contribution in [2.24, 2.45) is 0 Å². The summed E-state index contributed by atoms with van der Waals surface area (Å²) in [6.45, 7) is 0. The number of rotatable bonds is 1. The van der Waals surface area contributed by atoms with Crippen LogP contribution in [0.2, 0.25) is 0 Å². The van der Waals surface area contributed by atoms with Gasteiger partial charge in [-0.2, -0.15) is 0 Å². The Kier molecular flexibility index (Phi) is 2.33. The predicted molar refractivity (Wildman–Crippen MR) is 60.5 cm³/mol. The highest BCUT2D eigenvalue weighted by molar-refractivity contribution is 5.63. The van der Waals surface area contributed by atoms with Crippen LogP contribution in [0.3, 0.4) is 0 Å². The van der Waals surface area contributed by atoms with Gasteiger partial charge in [0.05, 0.1) is 17.3 Å². The zero-order valence-electron chi connectivity index (χ0n) is 9.07. The first-order chi connectivity index (χ1) is 8.66. The second-order valence-corrected chi connectivity index (χ2v) is 3.82. The molecule has 5 heteroatoms. The van der Waals surface area contributed by atoms with E-state index in [0.29, 0.717) is 17.6 Å². The normalized spacial score (nSPS) is 11.1. The lowest BCUT2D eigenvalue weighted by molar-refractivity contribution is 0.546. The van der Waals surface area contributed by atoms with Gasteiger partial charge in [0, 0.05) is 18.3 Å². The summed E-state index contributed by atoms with van der Waals surface area (Å²) in [6, 6.07) is 6.55. The molecule has 18 heavy (non-hydrogen) atoms. The summed E-state index contributed by atoms with van der Waals surface area (Å²) in [4.78, 5) is 3.98. The van der Waals surface area contributed by atoms with Gasteiger partial charge in [0.25, 0.3) is 0 Å². The molecule has 0 bridgehead atoms. The van der Waals surface area contributed by atoms with Gasteiger partial charge in [0.2, 0.25) is 0 Å². The molecule has 0 aliphatic rings. The minimum Gasteiger partial charge on any atom is -0.300 e. The third-order valence-electron chi connectivity index (χ3n) is 2.67. The van der Waals surface area contributed by atoms with Gasteiger partial charge in [-0.25, -0.2) is 18.2 Å². The molecule has 3 aromatic rings. The molecule has 2 aromatic heterocycles. The average Bonchev–Trinajstić information content (AvgIpc) is 2.72. The molecule has 0 N–H and O–H groups in total.